The molecule has 0 saturated heterocycles. The fourth-order valence-corrected chi connectivity index (χ4v) is 0.625. The van der Waals surface area contributed by atoms with Gasteiger partial charge in [0.25, 0.3) is 0 Å². The van der Waals surface area contributed by atoms with Crippen LogP contribution in [0.15, 0.2) is 29.7 Å². The largest absolute Gasteiger partial charge is 0.337 e. The van der Waals surface area contributed by atoms with E-state index in [0.717, 1.165) is 11.5 Å². The van der Waals surface area contributed by atoms with E-state index < -0.39 is 0 Å². The summed E-state index contributed by atoms with van der Waals surface area (Å²) >= 11 is 0. The second-order valence-corrected chi connectivity index (χ2v) is 2.10. The van der Waals surface area contributed by atoms with Gasteiger partial charge in [-0.2, -0.15) is 0 Å². The molecule has 2 nitrogen and oxygen atoms in total. The number of allylic oxidation sites excluding steroid dienone is 1. The van der Waals surface area contributed by atoms with Crippen LogP contribution in [0.2, 0.25) is 0 Å². The molecular weight excluding hydrogens is 112 g/mol. The Morgan fingerprint density at radius 2 is 2.33 bits per heavy atom. The minimum Gasteiger partial charge on any atom is -0.337 e. The van der Waals surface area contributed by atoms with Crippen LogP contribution >= 0.6 is 0 Å². The normalized spacial score (nSPS) is 18.2. The predicted octanol–water partition coefficient (Wildman–Crippen LogP) is 1.38. The summed E-state index contributed by atoms with van der Waals surface area (Å²) in [5.74, 6) is 0.801. The Morgan fingerprint density at radius 3 is 2.78 bits per heavy atom. The van der Waals surface area contributed by atoms with Crippen LogP contribution in [-0.2, 0) is 0 Å². The van der Waals surface area contributed by atoms with Crippen LogP contribution in [0, 0.1) is 0 Å². The number of hydrogen-bond donors (Lipinski definition) is 0. The molecule has 0 atom stereocenters. The molecule has 0 aromatic heterocycles. The van der Waals surface area contributed by atoms with E-state index in [0.29, 0.717) is 0 Å². The zero-order valence-electron chi connectivity index (χ0n) is 5.76. The fraction of sp³-hybridized carbons (Fsp3) is 0.286. The van der Waals surface area contributed by atoms with Gasteiger partial charge in [0.2, 0.25) is 0 Å². The van der Waals surface area contributed by atoms with E-state index in [-0.39, 0.29) is 0 Å². The maximum absolute atomic E-state index is 4.12. The van der Waals surface area contributed by atoms with Gasteiger partial charge in [-0.3, -0.25) is 0 Å². The van der Waals surface area contributed by atoms with Gasteiger partial charge < -0.3 is 4.90 Å². The monoisotopic (exact) mass is 122 g/mol. The van der Waals surface area contributed by atoms with Crippen molar-refractivity contribution >= 4 is 5.71 Å². The second-order valence-electron chi connectivity index (χ2n) is 2.10. The lowest BCUT2D eigenvalue weighted by molar-refractivity contribution is 0.560. The Kier molecular flexibility index (Phi) is 1.39. The van der Waals surface area contributed by atoms with Crippen LogP contribution in [0.5, 0.6) is 0 Å². The third-order valence-corrected chi connectivity index (χ3v) is 1.25. The standard InChI is InChI=1S/C7H10N2/c1-6-4-5-9(3)7(2)8-6/h4-5H,2H2,1,3H3. The van der Waals surface area contributed by atoms with E-state index in [1.165, 1.54) is 0 Å². The van der Waals surface area contributed by atoms with E-state index in [9.17, 15) is 0 Å². The zero-order chi connectivity index (χ0) is 6.85. The van der Waals surface area contributed by atoms with Crippen LogP contribution in [-0.4, -0.2) is 17.7 Å². The summed E-state index contributed by atoms with van der Waals surface area (Å²) in [6, 6.07) is 0. The molecule has 1 aliphatic rings. The average Bonchev–Trinajstić information content (AvgIpc) is 1.80. The van der Waals surface area contributed by atoms with Crippen molar-refractivity contribution in [3.05, 3.63) is 24.7 Å². The Labute approximate surface area is 55.2 Å². The molecule has 0 aliphatic carbocycles. The van der Waals surface area contributed by atoms with E-state index in [2.05, 4.69) is 11.6 Å². The molecule has 1 aliphatic heterocycles. The van der Waals surface area contributed by atoms with Crippen molar-refractivity contribution in [1.29, 1.82) is 0 Å². The van der Waals surface area contributed by atoms with Crippen LogP contribution < -0.4 is 0 Å². The van der Waals surface area contributed by atoms with E-state index in [1.807, 2.05) is 31.1 Å². The van der Waals surface area contributed by atoms with Crippen molar-refractivity contribution in [3.8, 4) is 0 Å². The smallest absolute Gasteiger partial charge is 0.125 e. The highest BCUT2D eigenvalue weighted by Gasteiger charge is 1.99. The molecule has 0 bridgehead atoms. The van der Waals surface area contributed by atoms with Crippen molar-refractivity contribution < 1.29 is 0 Å². The average molecular weight is 122 g/mol. The first-order valence-electron chi connectivity index (χ1n) is 2.85. The zero-order valence-corrected chi connectivity index (χ0v) is 5.76. The molecule has 0 amide bonds. The van der Waals surface area contributed by atoms with Gasteiger partial charge in [-0.05, 0) is 13.0 Å². The van der Waals surface area contributed by atoms with Crippen LogP contribution in [0.1, 0.15) is 6.92 Å². The lowest BCUT2D eigenvalue weighted by Crippen LogP contribution is -2.12. The Hall–Kier alpha value is -1.05. The molecule has 0 radical (unpaired) electrons. The van der Waals surface area contributed by atoms with Crippen molar-refractivity contribution in [2.24, 2.45) is 4.99 Å². The number of aliphatic imine (C=N–C) groups is 1. The van der Waals surface area contributed by atoms with Gasteiger partial charge in [0, 0.05) is 19.0 Å². The number of rotatable bonds is 0. The van der Waals surface area contributed by atoms with E-state index in [4.69, 9.17) is 0 Å². The lowest BCUT2D eigenvalue weighted by Gasteiger charge is -2.16. The first-order valence-corrected chi connectivity index (χ1v) is 2.85. The van der Waals surface area contributed by atoms with Gasteiger partial charge in [-0.1, -0.05) is 6.58 Å². The molecule has 0 aromatic carbocycles. The minimum absolute atomic E-state index is 0.801. The van der Waals surface area contributed by atoms with Crippen molar-refractivity contribution in [2.45, 2.75) is 6.92 Å². The predicted molar refractivity (Wildman–Crippen MR) is 39.2 cm³/mol. The summed E-state index contributed by atoms with van der Waals surface area (Å²) in [5.41, 5.74) is 1.01. The molecule has 9 heavy (non-hydrogen) atoms. The van der Waals surface area contributed by atoms with Gasteiger partial charge in [0.15, 0.2) is 0 Å². The summed E-state index contributed by atoms with van der Waals surface area (Å²) in [4.78, 5) is 6.01. The molecule has 0 unspecified atom stereocenters. The maximum Gasteiger partial charge on any atom is 0.125 e. The lowest BCUT2D eigenvalue weighted by atomic mass is 10.3. The van der Waals surface area contributed by atoms with Crippen molar-refractivity contribution in [1.82, 2.24) is 4.90 Å². The first kappa shape index (κ1) is 6.08. The third-order valence-electron chi connectivity index (χ3n) is 1.25. The summed E-state index contributed by atoms with van der Waals surface area (Å²) in [5, 5.41) is 0. The molecular formula is C7H10N2. The third kappa shape index (κ3) is 1.19. The summed E-state index contributed by atoms with van der Waals surface area (Å²) in [7, 11) is 1.93. The highest BCUT2D eigenvalue weighted by molar-refractivity contribution is 5.94. The Morgan fingerprint density at radius 1 is 1.67 bits per heavy atom. The summed E-state index contributed by atoms with van der Waals surface area (Å²) < 4.78 is 0. The van der Waals surface area contributed by atoms with E-state index in [1.54, 1.807) is 0 Å². The molecule has 0 fully saturated rings. The van der Waals surface area contributed by atoms with E-state index >= 15 is 0 Å². The van der Waals surface area contributed by atoms with Gasteiger partial charge >= 0.3 is 0 Å². The minimum atomic E-state index is 0.801. The highest BCUT2D eigenvalue weighted by Crippen LogP contribution is 2.06. The second kappa shape index (κ2) is 2.05. The van der Waals surface area contributed by atoms with Gasteiger partial charge in [0.05, 0.1) is 0 Å². The van der Waals surface area contributed by atoms with Gasteiger partial charge in [0.1, 0.15) is 5.82 Å². The fourth-order valence-electron chi connectivity index (χ4n) is 0.625. The molecule has 48 valence electrons. The summed E-state index contributed by atoms with van der Waals surface area (Å²) in [6.07, 6.45) is 3.90. The Balaban J connectivity index is 2.82. The van der Waals surface area contributed by atoms with Gasteiger partial charge in [-0.15, -0.1) is 0 Å². The molecule has 0 saturated carbocycles. The highest BCUT2D eigenvalue weighted by atomic mass is 15.2. The molecule has 0 N–H and O–H groups in total. The van der Waals surface area contributed by atoms with Crippen molar-refractivity contribution in [3.63, 3.8) is 0 Å². The molecule has 0 spiro atoms. The number of hydrogen-bond acceptors (Lipinski definition) is 2. The quantitative estimate of drug-likeness (QED) is 0.474. The first-order chi connectivity index (χ1) is 4.20. The SMILES string of the molecule is C=C1N=C(C)C=CN1C. The van der Waals surface area contributed by atoms with Crippen LogP contribution in [0.4, 0.5) is 0 Å². The van der Waals surface area contributed by atoms with Crippen LogP contribution in [0.25, 0.3) is 0 Å². The van der Waals surface area contributed by atoms with Crippen molar-refractivity contribution in [2.75, 3.05) is 7.05 Å². The summed E-state index contributed by atoms with van der Waals surface area (Å²) in [6.45, 7) is 5.69. The molecule has 1 heterocycles. The molecule has 0 aromatic rings. The Bertz CT molecular complexity index is 189. The van der Waals surface area contributed by atoms with Crippen LogP contribution in [0.3, 0.4) is 0 Å². The maximum atomic E-state index is 4.12. The molecule has 1 rings (SSSR count). The van der Waals surface area contributed by atoms with Gasteiger partial charge in [-0.25, -0.2) is 4.99 Å². The topological polar surface area (TPSA) is 15.6 Å². The molecule has 2 heteroatoms. The number of nitrogens with zero attached hydrogens (tertiary/aromatic N) is 2.